The van der Waals surface area contributed by atoms with E-state index in [1.165, 1.54) is 0 Å². The number of H-pyrrole nitrogens is 2. The number of nitrogens with two attached hydrogens (primary N) is 1. The molecule has 0 unspecified atom stereocenters. The maximum atomic E-state index is 11.9. The Morgan fingerprint density at radius 2 is 2.10 bits per heavy atom. The zero-order chi connectivity index (χ0) is 14.8. The molecule has 106 valence electrons. The first kappa shape index (κ1) is 13.1. The molecular formula is C15H14N4O2. The van der Waals surface area contributed by atoms with E-state index in [0.717, 1.165) is 16.8 Å². The van der Waals surface area contributed by atoms with E-state index in [2.05, 4.69) is 15.2 Å². The second-order valence-corrected chi connectivity index (χ2v) is 4.81. The maximum Gasteiger partial charge on any atom is 0.271 e. The summed E-state index contributed by atoms with van der Waals surface area (Å²) in [5.41, 5.74) is 8.84. The highest BCUT2D eigenvalue weighted by Crippen LogP contribution is 2.31. The Hall–Kier alpha value is -2.89. The molecule has 0 radical (unpaired) electrons. The zero-order valence-electron chi connectivity index (χ0n) is 11.2. The van der Waals surface area contributed by atoms with Crippen molar-refractivity contribution < 1.29 is 4.79 Å². The summed E-state index contributed by atoms with van der Waals surface area (Å²) in [5.74, 6) is -0.400. The molecule has 3 rings (SSSR count). The molecule has 21 heavy (non-hydrogen) atoms. The highest BCUT2D eigenvalue weighted by molar-refractivity contribution is 6.21. The highest BCUT2D eigenvalue weighted by atomic mass is 16.1. The van der Waals surface area contributed by atoms with Gasteiger partial charge in [0, 0.05) is 29.5 Å². The maximum absolute atomic E-state index is 11.9. The Labute approximate surface area is 120 Å². The Kier molecular flexibility index (Phi) is 3.27. The van der Waals surface area contributed by atoms with Gasteiger partial charge in [-0.2, -0.15) is 0 Å². The first-order valence-corrected chi connectivity index (χ1v) is 6.58. The van der Waals surface area contributed by atoms with Gasteiger partial charge in [-0.1, -0.05) is 18.2 Å². The van der Waals surface area contributed by atoms with Crippen LogP contribution in [-0.2, 0) is 11.2 Å². The van der Waals surface area contributed by atoms with Crippen molar-refractivity contribution in [2.75, 3.05) is 0 Å². The molecule has 0 fully saturated rings. The first-order chi connectivity index (χ1) is 10.1. The monoisotopic (exact) mass is 282 g/mol. The summed E-state index contributed by atoms with van der Waals surface area (Å²) in [7, 11) is 0. The minimum absolute atomic E-state index is 0.189. The zero-order valence-corrected chi connectivity index (χ0v) is 11.2. The van der Waals surface area contributed by atoms with Crippen LogP contribution in [-0.4, -0.2) is 22.3 Å². The molecule has 4 N–H and O–H groups in total. The average molecular weight is 282 g/mol. The number of fused-ring (bicyclic) bond motifs is 1. The van der Waals surface area contributed by atoms with E-state index in [9.17, 15) is 9.59 Å². The lowest BCUT2D eigenvalue weighted by Gasteiger charge is -2.00. The van der Waals surface area contributed by atoms with Gasteiger partial charge in [-0.15, -0.1) is 0 Å². The van der Waals surface area contributed by atoms with Crippen LogP contribution in [0.1, 0.15) is 23.2 Å². The van der Waals surface area contributed by atoms with Crippen LogP contribution >= 0.6 is 0 Å². The van der Waals surface area contributed by atoms with Crippen molar-refractivity contribution in [2.45, 2.75) is 12.8 Å². The van der Waals surface area contributed by atoms with E-state index < -0.39 is 5.91 Å². The number of hydrogen-bond acceptors (Lipinski definition) is 3. The predicted octanol–water partition coefficient (Wildman–Crippen LogP) is 1.38. The summed E-state index contributed by atoms with van der Waals surface area (Å²) in [4.78, 5) is 27.1. The molecule has 1 aromatic carbocycles. The number of hydrogen-bond donors (Lipinski definition) is 3. The smallest absolute Gasteiger partial charge is 0.271 e. The van der Waals surface area contributed by atoms with Crippen LogP contribution < -0.4 is 11.3 Å². The van der Waals surface area contributed by atoms with Gasteiger partial charge in [0.05, 0.1) is 11.3 Å². The van der Waals surface area contributed by atoms with E-state index >= 15 is 0 Å². The number of aliphatic imine (C=N–C) groups is 1. The van der Waals surface area contributed by atoms with Crippen molar-refractivity contribution in [1.29, 1.82) is 0 Å². The summed E-state index contributed by atoms with van der Waals surface area (Å²) >= 11 is 0. The van der Waals surface area contributed by atoms with Gasteiger partial charge in [0.2, 0.25) is 5.91 Å². The molecule has 0 atom stereocenters. The topological polar surface area (TPSA) is 104 Å². The van der Waals surface area contributed by atoms with Crippen molar-refractivity contribution >= 4 is 29.5 Å². The molecule has 0 saturated heterocycles. The molecule has 2 aromatic rings. The molecule has 1 aromatic heterocycles. The molecule has 2 heterocycles. The lowest BCUT2D eigenvalue weighted by atomic mass is 10.0. The van der Waals surface area contributed by atoms with E-state index in [-0.39, 0.29) is 12.0 Å². The number of rotatable bonds is 4. The number of benzene rings is 1. The normalized spacial score (nSPS) is 14.6. The fourth-order valence-electron chi connectivity index (χ4n) is 2.31. The van der Waals surface area contributed by atoms with Gasteiger partial charge in [-0.25, -0.2) is 0 Å². The molecule has 0 bridgehead atoms. The van der Waals surface area contributed by atoms with Crippen LogP contribution in [0.15, 0.2) is 34.1 Å². The third-order valence-corrected chi connectivity index (χ3v) is 3.38. The molecule has 0 spiro atoms. The second-order valence-electron chi connectivity index (χ2n) is 4.81. The Balaban J connectivity index is 1.98. The van der Waals surface area contributed by atoms with Gasteiger partial charge in [0.1, 0.15) is 0 Å². The summed E-state index contributed by atoms with van der Waals surface area (Å²) in [5, 5.41) is 5.33. The summed E-state index contributed by atoms with van der Waals surface area (Å²) in [6.45, 7) is 0. The van der Waals surface area contributed by atoms with Crippen molar-refractivity contribution in [2.24, 2.45) is 10.7 Å². The van der Waals surface area contributed by atoms with Gasteiger partial charge in [-0.3, -0.25) is 19.7 Å². The van der Waals surface area contributed by atoms with E-state index in [0.29, 0.717) is 17.7 Å². The molecule has 0 aliphatic carbocycles. The molecule has 0 saturated carbocycles. The number of carbonyl (C=O) groups excluding carboxylic acids is 1. The number of primary amides is 1. The minimum Gasteiger partial charge on any atom is -0.370 e. The Bertz CT molecular complexity index is 811. The highest BCUT2D eigenvalue weighted by Gasteiger charge is 2.14. The van der Waals surface area contributed by atoms with E-state index in [1.54, 1.807) is 12.3 Å². The summed E-state index contributed by atoms with van der Waals surface area (Å²) in [6.07, 6.45) is 4.09. The van der Waals surface area contributed by atoms with Gasteiger partial charge in [-0.05, 0) is 18.6 Å². The fraction of sp³-hybridized carbons (Fsp3) is 0.133. The number of nitrogens with zero attached hydrogens (tertiary/aromatic N) is 1. The standard InChI is InChI=1S/C15H14N4O2/c16-14(20)6-5-13-11(15(21)19-18-13)7-9-8-17-12-4-2-1-3-10(9)12/h1-4,7-8H,5-6H2,(H2,16,20)(H2,18,19,21)/b9-7-. The summed E-state index contributed by atoms with van der Waals surface area (Å²) in [6, 6.07) is 7.72. The van der Waals surface area contributed by atoms with Gasteiger partial charge < -0.3 is 10.8 Å². The van der Waals surface area contributed by atoms with Crippen molar-refractivity contribution in [3.05, 3.63) is 51.4 Å². The SMILES string of the molecule is NC(=O)CCc1[nH][nH]c(=O)c1/C=C1/C=Nc2ccccc21. The fourth-order valence-corrected chi connectivity index (χ4v) is 2.31. The number of nitrogens with one attached hydrogen (secondary N) is 2. The molecule has 6 nitrogen and oxygen atoms in total. The largest absolute Gasteiger partial charge is 0.370 e. The van der Waals surface area contributed by atoms with Crippen molar-refractivity contribution in [1.82, 2.24) is 10.2 Å². The number of aromatic amines is 2. The Morgan fingerprint density at radius 1 is 1.29 bits per heavy atom. The van der Waals surface area contributed by atoms with Gasteiger partial charge in [0.15, 0.2) is 0 Å². The van der Waals surface area contributed by atoms with Crippen LogP contribution in [0.25, 0.3) is 11.6 Å². The molecule has 1 aliphatic rings. The number of amides is 1. The van der Waals surface area contributed by atoms with Crippen molar-refractivity contribution in [3.63, 3.8) is 0 Å². The van der Waals surface area contributed by atoms with Crippen LogP contribution in [0.3, 0.4) is 0 Å². The molecule has 1 amide bonds. The van der Waals surface area contributed by atoms with E-state index in [4.69, 9.17) is 5.73 Å². The number of para-hydroxylation sites is 1. The lowest BCUT2D eigenvalue weighted by molar-refractivity contribution is -0.118. The van der Waals surface area contributed by atoms with Gasteiger partial charge in [0.25, 0.3) is 5.56 Å². The third-order valence-electron chi connectivity index (χ3n) is 3.38. The quantitative estimate of drug-likeness (QED) is 0.788. The number of allylic oxidation sites excluding steroid dienone is 1. The third kappa shape index (κ3) is 2.55. The van der Waals surface area contributed by atoms with Crippen LogP contribution in [0.5, 0.6) is 0 Å². The lowest BCUT2D eigenvalue weighted by Crippen LogP contribution is -2.12. The molecule has 1 aliphatic heterocycles. The molecule has 6 heteroatoms. The summed E-state index contributed by atoms with van der Waals surface area (Å²) < 4.78 is 0. The van der Waals surface area contributed by atoms with Crippen LogP contribution in [0, 0.1) is 0 Å². The molecular weight excluding hydrogens is 268 g/mol. The van der Waals surface area contributed by atoms with Gasteiger partial charge >= 0.3 is 0 Å². The predicted molar refractivity (Wildman–Crippen MR) is 81.4 cm³/mol. The Morgan fingerprint density at radius 3 is 2.90 bits per heavy atom. The van der Waals surface area contributed by atoms with Crippen molar-refractivity contribution in [3.8, 4) is 0 Å². The number of carbonyl (C=O) groups is 1. The average Bonchev–Trinajstić information content (AvgIpc) is 3.03. The van der Waals surface area contributed by atoms with Crippen LogP contribution in [0.2, 0.25) is 0 Å². The number of aromatic nitrogens is 2. The minimum atomic E-state index is -0.400. The van der Waals surface area contributed by atoms with Crippen LogP contribution in [0.4, 0.5) is 5.69 Å². The number of aryl methyl sites for hydroxylation is 1. The second kappa shape index (κ2) is 5.24. The first-order valence-electron chi connectivity index (χ1n) is 6.58. The van der Waals surface area contributed by atoms with E-state index in [1.807, 2.05) is 24.3 Å².